The van der Waals surface area contributed by atoms with Crippen LogP contribution in [-0.4, -0.2) is 9.78 Å². The standard InChI is InChI=1S/C18H26N2/c1-12(2)17-16(15-10-8-7-9-11-15)18(13(3)4)20(19-17)14(5)6/h7-14H,1-6H3. The van der Waals surface area contributed by atoms with Crippen LogP contribution < -0.4 is 0 Å². The zero-order chi connectivity index (χ0) is 14.9. The van der Waals surface area contributed by atoms with Crippen molar-refractivity contribution in [2.24, 2.45) is 0 Å². The lowest BCUT2D eigenvalue weighted by atomic mass is 9.93. The quantitative estimate of drug-likeness (QED) is 0.729. The summed E-state index contributed by atoms with van der Waals surface area (Å²) in [7, 11) is 0. The van der Waals surface area contributed by atoms with Gasteiger partial charge in [-0.2, -0.15) is 5.10 Å². The maximum absolute atomic E-state index is 4.92. The van der Waals surface area contributed by atoms with Crippen LogP contribution in [0.4, 0.5) is 0 Å². The second-order valence-corrected chi connectivity index (χ2v) is 6.36. The van der Waals surface area contributed by atoms with E-state index in [0.717, 1.165) is 0 Å². The smallest absolute Gasteiger partial charge is 0.0731 e. The van der Waals surface area contributed by atoms with Crippen LogP contribution in [0, 0.1) is 0 Å². The monoisotopic (exact) mass is 270 g/mol. The zero-order valence-electron chi connectivity index (χ0n) is 13.5. The van der Waals surface area contributed by atoms with Gasteiger partial charge in [-0.3, -0.25) is 4.68 Å². The van der Waals surface area contributed by atoms with Crippen LogP contribution in [0.5, 0.6) is 0 Å². The maximum atomic E-state index is 4.92. The van der Waals surface area contributed by atoms with Gasteiger partial charge in [0, 0.05) is 17.3 Å². The van der Waals surface area contributed by atoms with Crippen LogP contribution in [0.25, 0.3) is 11.1 Å². The highest BCUT2D eigenvalue weighted by molar-refractivity contribution is 5.70. The lowest BCUT2D eigenvalue weighted by Crippen LogP contribution is -2.09. The van der Waals surface area contributed by atoms with E-state index < -0.39 is 0 Å². The third kappa shape index (κ3) is 2.65. The summed E-state index contributed by atoms with van der Waals surface area (Å²) in [6, 6.07) is 11.1. The van der Waals surface area contributed by atoms with E-state index in [9.17, 15) is 0 Å². The predicted octanol–water partition coefficient (Wildman–Crippen LogP) is 5.38. The third-order valence-corrected chi connectivity index (χ3v) is 3.62. The van der Waals surface area contributed by atoms with E-state index in [1.54, 1.807) is 0 Å². The minimum absolute atomic E-state index is 0.391. The van der Waals surface area contributed by atoms with Gasteiger partial charge in [0.25, 0.3) is 0 Å². The highest BCUT2D eigenvalue weighted by atomic mass is 15.3. The normalized spacial score (nSPS) is 11.8. The molecule has 2 aromatic rings. The molecule has 0 saturated heterocycles. The first kappa shape index (κ1) is 14.8. The largest absolute Gasteiger partial charge is 0.266 e. The minimum atomic E-state index is 0.391. The molecule has 0 unspecified atom stereocenters. The molecule has 0 N–H and O–H groups in total. The van der Waals surface area contributed by atoms with Crippen LogP contribution >= 0.6 is 0 Å². The molecule has 2 nitrogen and oxygen atoms in total. The number of nitrogens with zero attached hydrogens (tertiary/aromatic N) is 2. The number of hydrogen-bond acceptors (Lipinski definition) is 1. The van der Waals surface area contributed by atoms with E-state index in [-0.39, 0.29) is 0 Å². The van der Waals surface area contributed by atoms with Crippen molar-refractivity contribution in [2.75, 3.05) is 0 Å². The average molecular weight is 270 g/mol. The number of hydrogen-bond donors (Lipinski definition) is 0. The fraction of sp³-hybridized carbons (Fsp3) is 0.500. The molecule has 0 bridgehead atoms. The van der Waals surface area contributed by atoms with Crippen molar-refractivity contribution in [3.8, 4) is 11.1 Å². The van der Waals surface area contributed by atoms with Gasteiger partial charge in [0.15, 0.2) is 0 Å². The Labute approximate surface area is 122 Å². The predicted molar refractivity (Wildman–Crippen MR) is 86.2 cm³/mol. The Balaban J connectivity index is 2.75. The summed E-state index contributed by atoms with van der Waals surface area (Å²) in [6.07, 6.45) is 0. The molecule has 0 saturated carbocycles. The van der Waals surface area contributed by atoms with E-state index in [0.29, 0.717) is 17.9 Å². The summed E-state index contributed by atoms with van der Waals surface area (Å²) in [5.41, 5.74) is 5.19. The van der Waals surface area contributed by atoms with Crippen molar-refractivity contribution in [3.63, 3.8) is 0 Å². The summed E-state index contributed by atoms with van der Waals surface area (Å²) in [6.45, 7) is 13.4. The van der Waals surface area contributed by atoms with Crippen LogP contribution in [0.15, 0.2) is 30.3 Å². The second-order valence-electron chi connectivity index (χ2n) is 6.36. The molecule has 2 rings (SSSR count). The van der Waals surface area contributed by atoms with Gasteiger partial charge in [0.2, 0.25) is 0 Å². The molecule has 1 heterocycles. The van der Waals surface area contributed by atoms with Gasteiger partial charge in [0.1, 0.15) is 0 Å². The zero-order valence-corrected chi connectivity index (χ0v) is 13.5. The first-order chi connectivity index (χ1) is 9.43. The molecule has 0 amide bonds. The van der Waals surface area contributed by atoms with Crippen molar-refractivity contribution < 1.29 is 0 Å². The molecule has 20 heavy (non-hydrogen) atoms. The summed E-state index contributed by atoms with van der Waals surface area (Å²) >= 11 is 0. The SMILES string of the molecule is CC(C)c1nn(C(C)C)c(C(C)C)c1-c1ccccc1. The van der Waals surface area contributed by atoms with Crippen LogP contribution in [0.3, 0.4) is 0 Å². The Hall–Kier alpha value is -1.57. The highest BCUT2D eigenvalue weighted by Crippen LogP contribution is 2.37. The van der Waals surface area contributed by atoms with Crippen molar-refractivity contribution in [1.29, 1.82) is 0 Å². The van der Waals surface area contributed by atoms with Crippen LogP contribution in [0.2, 0.25) is 0 Å². The first-order valence-corrected chi connectivity index (χ1v) is 7.61. The van der Waals surface area contributed by atoms with E-state index in [4.69, 9.17) is 5.10 Å². The fourth-order valence-corrected chi connectivity index (χ4v) is 2.72. The van der Waals surface area contributed by atoms with Gasteiger partial charge in [-0.1, -0.05) is 58.0 Å². The average Bonchev–Trinajstić information content (AvgIpc) is 2.80. The van der Waals surface area contributed by atoms with E-state index in [1.165, 1.54) is 22.5 Å². The summed E-state index contributed by atoms with van der Waals surface area (Å²) in [5, 5.41) is 4.92. The first-order valence-electron chi connectivity index (χ1n) is 7.61. The van der Waals surface area contributed by atoms with Crippen molar-refractivity contribution in [1.82, 2.24) is 9.78 Å². The molecule has 0 aliphatic heterocycles. The molecule has 2 heteroatoms. The van der Waals surface area contributed by atoms with Crippen molar-refractivity contribution >= 4 is 0 Å². The molecule has 1 aromatic carbocycles. The van der Waals surface area contributed by atoms with Gasteiger partial charge in [-0.15, -0.1) is 0 Å². The molecular formula is C18H26N2. The number of rotatable bonds is 4. The van der Waals surface area contributed by atoms with E-state index in [2.05, 4.69) is 76.6 Å². The van der Waals surface area contributed by atoms with Gasteiger partial charge in [0.05, 0.1) is 5.69 Å². The Morgan fingerprint density at radius 1 is 0.850 bits per heavy atom. The minimum Gasteiger partial charge on any atom is -0.266 e. The van der Waals surface area contributed by atoms with E-state index in [1.807, 2.05) is 0 Å². The molecule has 0 fully saturated rings. The van der Waals surface area contributed by atoms with Gasteiger partial charge in [-0.25, -0.2) is 0 Å². The molecule has 0 atom stereocenters. The molecule has 108 valence electrons. The molecule has 1 aromatic heterocycles. The summed E-state index contributed by atoms with van der Waals surface area (Å²) in [5.74, 6) is 0.898. The third-order valence-electron chi connectivity index (χ3n) is 3.62. The van der Waals surface area contributed by atoms with Crippen molar-refractivity contribution in [2.45, 2.75) is 59.4 Å². The summed E-state index contributed by atoms with van der Waals surface area (Å²) < 4.78 is 2.21. The van der Waals surface area contributed by atoms with Crippen LogP contribution in [0.1, 0.15) is 70.8 Å². The Morgan fingerprint density at radius 2 is 1.45 bits per heavy atom. The molecule has 0 aliphatic carbocycles. The van der Waals surface area contributed by atoms with Crippen molar-refractivity contribution in [3.05, 3.63) is 41.7 Å². The summed E-state index contributed by atoms with van der Waals surface area (Å²) in [4.78, 5) is 0. The molecule has 0 radical (unpaired) electrons. The Morgan fingerprint density at radius 3 is 1.90 bits per heavy atom. The number of aromatic nitrogens is 2. The van der Waals surface area contributed by atoms with Gasteiger partial charge in [-0.05, 0) is 31.2 Å². The lowest BCUT2D eigenvalue weighted by molar-refractivity contribution is 0.491. The Kier molecular flexibility index (Phi) is 4.32. The number of benzene rings is 1. The lowest BCUT2D eigenvalue weighted by Gasteiger charge is -2.15. The molecular weight excluding hydrogens is 244 g/mol. The fourth-order valence-electron chi connectivity index (χ4n) is 2.72. The van der Waals surface area contributed by atoms with E-state index >= 15 is 0 Å². The second kappa shape index (κ2) is 5.82. The van der Waals surface area contributed by atoms with Gasteiger partial charge >= 0.3 is 0 Å². The topological polar surface area (TPSA) is 17.8 Å². The Bertz CT molecular complexity index is 563. The highest BCUT2D eigenvalue weighted by Gasteiger charge is 2.23. The molecule has 0 spiro atoms. The van der Waals surface area contributed by atoms with Crippen LogP contribution in [-0.2, 0) is 0 Å². The maximum Gasteiger partial charge on any atom is 0.0731 e. The molecule has 0 aliphatic rings. The van der Waals surface area contributed by atoms with Gasteiger partial charge < -0.3 is 0 Å².